The number of fused-ring (bicyclic) bond motifs is 1. The lowest BCUT2D eigenvalue weighted by molar-refractivity contribution is -0.140. The van der Waals surface area contributed by atoms with Crippen LogP contribution in [0.5, 0.6) is 0 Å². The lowest BCUT2D eigenvalue weighted by Gasteiger charge is -2.13. The Hall–Kier alpha value is -2.93. The minimum atomic E-state index is -0.409. The number of aromatic nitrogens is 2. The average Bonchev–Trinajstić information content (AvgIpc) is 2.73. The van der Waals surface area contributed by atoms with Gasteiger partial charge in [0.2, 0.25) is 0 Å². The molecule has 0 radical (unpaired) electrons. The number of hydrogen-bond donors (Lipinski definition) is 0. The van der Waals surface area contributed by atoms with Gasteiger partial charge in [-0.1, -0.05) is 30.0 Å². The SMILES string of the molecule is COC(=O)CCn1c(SCC(=O)c2cc(C)c(C)cc2C)nc2ccccc2c1=O. The number of aryl methyl sites for hydroxylation is 3. The number of methoxy groups -OCH3 is 1. The molecule has 6 nitrogen and oxygen atoms in total. The summed E-state index contributed by atoms with van der Waals surface area (Å²) in [7, 11) is 1.31. The molecule has 7 heteroatoms. The molecule has 3 rings (SSSR count). The van der Waals surface area contributed by atoms with Crippen molar-refractivity contribution in [2.24, 2.45) is 0 Å². The van der Waals surface area contributed by atoms with Crippen LogP contribution in [0.3, 0.4) is 0 Å². The molecule has 0 N–H and O–H groups in total. The molecule has 0 spiro atoms. The van der Waals surface area contributed by atoms with Gasteiger partial charge in [0.25, 0.3) is 5.56 Å². The van der Waals surface area contributed by atoms with Gasteiger partial charge in [0.05, 0.1) is 30.2 Å². The van der Waals surface area contributed by atoms with Crippen LogP contribution < -0.4 is 5.56 Å². The zero-order valence-electron chi connectivity index (χ0n) is 17.5. The Morgan fingerprint density at radius 1 is 1.07 bits per heavy atom. The quantitative estimate of drug-likeness (QED) is 0.248. The Labute approximate surface area is 179 Å². The van der Waals surface area contributed by atoms with Crippen LogP contribution in [0.4, 0.5) is 0 Å². The second-order valence-corrected chi connectivity index (χ2v) is 8.10. The summed E-state index contributed by atoms with van der Waals surface area (Å²) in [4.78, 5) is 42.0. The van der Waals surface area contributed by atoms with E-state index in [-0.39, 0.29) is 30.1 Å². The number of nitrogens with zero attached hydrogens (tertiary/aromatic N) is 2. The van der Waals surface area contributed by atoms with Crippen LogP contribution in [0, 0.1) is 20.8 Å². The minimum absolute atomic E-state index is 0.0254. The van der Waals surface area contributed by atoms with E-state index in [4.69, 9.17) is 4.74 Å². The lowest BCUT2D eigenvalue weighted by Crippen LogP contribution is -2.25. The van der Waals surface area contributed by atoms with Crippen LogP contribution in [0.2, 0.25) is 0 Å². The first-order valence-electron chi connectivity index (χ1n) is 9.62. The van der Waals surface area contributed by atoms with Crippen LogP contribution in [0.25, 0.3) is 10.9 Å². The Bertz CT molecular complexity index is 1180. The summed E-state index contributed by atoms with van der Waals surface area (Å²) in [5.74, 6) is -0.290. The molecule has 3 aromatic rings. The standard InChI is InChI=1S/C23H24N2O4S/c1-14-11-16(3)18(12-15(14)2)20(26)13-30-23-24-19-8-6-5-7-17(19)22(28)25(23)10-9-21(27)29-4/h5-8,11-12H,9-10,13H2,1-4H3. The normalized spacial score (nSPS) is 10.9. The number of hydrogen-bond acceptors (Lipinski definition) is 6. The van der Waals surface area contributed by atoms with Gasteiger partial charge in [0.15, 0.2) is 10.9 Å². The lowest BCUT2D eigenvalue weighted by atomic mass is 9.99. The van der Waals surface area contributed by atoms with Crippen molar-refractivity contribution in [2.75, 3.05) is 12.9 Å². The number of ketones is 1. The van der Waals surface area contributed by atoms with E-state index in [1.807, 2.05) is 39.0 Å². The van der Waals surface area contributed by atoms with Crippen molar-refractivity contribution in [3.8, 4) is 0 Å². The molecule has 0 aliphatic rings. The van der Waals surface area contributed by atoms with Gasteiger partial charge in [-0.3, -0.25) is 19.0 Å². The maximum absolute atomic E-state index is 13.0. The highest BCUT2D eigenvalue weighted by atomic mass is 32.2. The molecule has 156 valence electrons. The molecule has 0 atom stereocenters. The van der Waals surface area contributed by atoms with Crippen LogP contribution in [0.1, 0.15) is 33.5 Å². The fourth-order valence-corrected chi connectivity index (χ4v) is 4.14. The largest absolute Gasteiger partial charge is 0.469 e. The zero-order valence-corrected chi connectivity index (χ0v) is 18.3. The van der Waals surface area contributed by atoms with Gasteiger partial charge in [0, 0.05) is 12.1 Å². The van der Waals surface area contributed by atoms with Crippen LogP contribution >= 0.6 is 11.8 Å². The zero-order chi connectivity index (χ0) is 21.8. The number of carbonyl (C=O) groups is 2. The third-order valence-corrected chi connectivity index (χ3v) is 6.04. The van der Waals surface area contributed by atoms with Gasteiger partial charge in [-0.2, -0.15) is 0 Å². The van der Waals surface area contributed by atoms with Gasteiger partial charge in [-0.05, 0) is 55.7 Å². The van der Waals surface area contributed by atoms with Crippen molar-refractivity contribution >= 4 is 34.4 Å². The molecule has 30 heavy (non-hydrogen) atoms. The number of ether oxygens (including phenoxy) is 1. The van der Waals surface area contributed by atoms with Crippen molar-refractivity contribution in [1.82, 2.24) is 9.55 Å². The average molecular weight is 425 g/mol. The third kappa shape index (κ3) is 4.62. The molecule has 1 aromatic heterocycles. The predicted molar refractivity (Wildman–Crippen MR) is 118 cm³/mol. The molecule has 0 aliphatic heterocycles. The highest BCUT2D eigenvalue weighted by Gasteiger charge is 2.16. The summed E-state index contributed by atoms with van der Waals surface area (Å²) in [5.41, 5.74) is 4.14. The van der Waals surface area contributed by atoms with Crippen molar-refractivity contribution in [3.05, 3.63) is 69.0 Å². The molecule has 0 aliphatic carbocycles. The first kappa shape index (κ1) is 21.8. The number of carbonyl (C=O) groups excluding carboxylic acids is 2. The predicted octanol–water partition coefficient (Wildman–Crippen LogP) is 3.86. The molecule has 0 amide bonds. The highest BCUT2D eigenvalue weighted by Crippen LogP contribution is 2.22. The first-order chi connectivity index (χ1) is 14.3. The van der Waals surface area contributed by atoms with Crippen molar-refractivity contribution in [2.45, 2.75) is 38.9 Å². The second kappa shape index (κ2) is 9.26. The Morgan fingerprint density at radius 3 is 2.50 bits per heavy atom. The minimum Gasteiger partial charge on any atom is -0.469 e. The molecule has 2 aromatic carbocycles. The summed E-state index contributed by atoms with van der Waals surface area (Å²) in [6.07, 6.45) is 0.0498. The molecule has 0 saturated heterocycles. The summed E-state index contributed by atoms with van der Waals surface area (Å²) in [6, 6.07) is 11.0. The number of benzene rings is 2. The Kier molecular flexibility index (Phi) is 6.72. The molecular formula is C23H24N2O4S. The highest BCUT2D eigenvalue weighted by molar-refractivity contribution is 7.99. The number of para-hydroxylation sites is 1. The van der Waals surface area contributed by atoms with E-state index in [9.17, 15) is 14.4 Å². The number of rotatable bonds is 7. The fourth-order valence-electron chi connectivity index (χ4n) is 3.23. The van der Waals surface area contributed by atoms with Gasteiger partial charge in [-0.25, -0.2) is 4.98 Å². The summed E-state index contributed by atoms with van der Waals surface area (Å²) < 4.78 is 6.14. The summed E-state index contributed by atoms with van der Waals surface area (Å²) in [6.45, 7) is 6.06. The van der Waals surface area contributed by atoms with E-state index in [1.165, 1.54) is 23.4 Å². The molecule has 0 unspecified atom stereocenters. The van der Waals surface area contributed by atoms with E-state index in [0.717, 1.165) is 16.7 Å². The van der Waals surface area contributed by atoms with Crippen LogP contribution in [-0.4, -0.2) is 34.2 Å². The smallest absolute Gasteiger partial charge is 0.307 e. The molecule has 0 fully saturated rings. The number of esters is 1. The monoisotopic (exact) mass is 424 g/mol. The topological polar surface area (TPSA) is 78.3 Å². The number of thioether (sulfide) groups is 1. The maximum Gasteiger partial charge on any atom is 0.307 e. The summed E-state index contributed by atoms with van der Waals surface area (Å²) in [5, 5.41) is 0.889. The first-order valence-corrected chi connectivity index (χ1v) is 10.6. The van der Waals surface area contributed by atoms with Gasteiger partial charge < -0.3 is 4.74 Å². The van der Waals surface area contributed by atoms with E-state index in [0.29, 0.717) is 21.6 Å². The molecular weight excluding hydrogens is 400 g/mol. The van der Waals surface area contributed by atoms with Gasteiger partial charge in [-0.15, -0.1) is 0 Å². The van der Waals surface area contributed by atoms with Crippen molar-refractivity contribution in [3.63, 3.8) is 0 Å². The second-order valence-electron chi connectivity index (χ2n) is 7.16. The molecule has 0 bridgehead atoms. The van der Waals surface area contributed by atoms with Crippen LogP contribution in [0.15, 0.2) is 46.3 Å². The van der Waals surface area contributed by atoms with Gasteiger partial charge in [0.1, 0.15) is 0 Å². The van der Waals surface area contributed by atoms with Crippen molar-refractivity contribution in [1.29, 1.82) is 0 Å². The summed E-state index contributed by atoms with van der Waals surface area (Å²) >= 11 is 1.21. The van der Waals surface area contributed by atoms with Gasteiger partial charge >= 0.3 is 5.97 Å². The number of Topliss-reactive ketones (excluding diaryl/α,β-unsaturated/α-hetero) is 1. The van der Waals surface area contributed by atoms with E-state index in [1.54, 1.807) is 18.2 Å². The maximum atomic E-state index is 13.0. The third-order valence-electron chi connectivity index (χ3n) is 5.07. The van der Waals surface area contributed by atoms with E-state index < -0.39 is 5.97 Å². The van der Waals surface area contributed by atoms with Crippen LogP contribution in [-0.2, 0) is 16.1 Å². The fraction of sp³-hybridized carbons (Fsp3) is 0.304. The molecule has 1 heterocycles. The van der Waals surface area contributed by atoms with E-state index >= 15 is 0 Å². The van der Waals surface area contributed by atoms with Crippen molar-refractivity contribution < 1.29 is 14.3 Å². The Morgan fingerprint density at radius 2 is 1.77 bits per heavy atom. The molecule has 0 saturated carbocycles. The Balaban J connectivity index is 1.92. The van der Waals surface area contributed by atoms with E-state index in [2.05, 4.69) is 4.98 Å².